The standard InChI is InChI=1S/C23H31ClN4O5/c1-3-15(12-19(29)33-4-2)26-22(31)18-9-10-28(18)23(32)20(13-5-6-13)27-21(30)14-7-8-17(25)16(24)11-14/h7-8,11,13,15,18,20H,3-6,9-10,12,25H2,1-2H3,(H,26,31)(H,27,30). The van der Waals surface area contributed by atoms with Crippen LogP contribution in [0.2, 0.25) is 5.02 Å². The number of likely N-dealkylation sites (tertiary alicyclic amines) is 1. The lowest BCUT2D eigenvalue weighted by Crippen LogP contribution is -2.63. The highest BCUT2D eigenvalue weighted by molar-refractivity contribution is 6.33. The number of rotatable bonds is 10. The number of nitrogens with one attached hydrogen (secondary N) is 2. The number of esters is 1. The Kier molecular flexibility index (Phi) is 8.18. The van der Waals surface area contributed by atoms with Crippen LogP contribution in [0.4, 0.5) is 5.69 Å². The number of amides is 3. The minimum Gasteiger partial charge on any atom is -0.466 e. The van der Waals surface area contributed by atoms with Crippen molar-refractivity contribution in [2.75, 3.05) is 18.9 Å². The molecule has 180 valence electrons. The highest BCUT2D eigenvalue weighted by atomic mass is 35.5. The largest absolute Gasteiger partial charge is 0.466 e. The first-order valence-electron chi connectivity index (χ1n) is 11.4. The van der Waals surface area contributed by atoms with Crippen molar-refractivity contribution >= 4 is 41.0 Å². The van der Waals surface area contributed by atoms with Gasteiger partial charge < -0.3 is 26.0 Å². The fraction of sp³-hybridized carbons (Fsp3) is 0.565. The monoisotopic (exact) mass is 478 g/mol. The maximum atomic E-state index is 13.2. The van der Waals surface area contributed by atoms with E-state index >= 15 is 0 Å². The molecule has 1 aromatic carbocycles. The van der Waals surface area contributed by atoms with Crippen LogP contribution < -0.4 is 16.4 Å². The molecule has 1 aliphatic heterocycles. The Bertz CT molecular complexity index is 920. The molecular formula is C23H31ClN4O5. The molecule has 4 N–H and O–H groups in total. The quantitative estimate of drug-likeness (QED) is 0.347. The van der Waals surface area contributed by atoms with Crippen molar-refractivity contribution < 1.29 is 23.9 Å². The van der Waals surface area contributed by atoms with Gasteiger partial charge in [0, 0.05) is 18.2 Å². The summed E-state index contributed by atoms with van der Waals surface area (Å²) in [5, 5.41) is 5.95. The van der Waals surface area contributed by atoms with Crippen molar-refractivity contribution in [2.45, 2.75) is 64.1 Å². The van der Waals surface area contributed by atoms with Crippen LogP contribution in [0.5, 0.6) is 0 Å². The van der Waals surface area contributed by atoms with E-state index in [0.29, 0.717) is 30.6 Å². The van der Waals surface area contributed by atoms with Crippen molar-refractivity contribution in [3.05, 3.63) is 28.8 Å². The number of hydrogen-bond donors (Lipinski definition) is 3. The molecule has 1 aromatic rings. The van der Waals surface area contributed by atoms with Crippen LogP contribution in [0, 0.1) is 5.92 Å². The van der Waals surface area contributed by atoms with Crippen LogP contribution in [0.25, 0.3) is 0 Å². The zero-order valence-corrected chi connectivity index (χ0v) is 19.7. The molecule has 0 bridgehead atoms. The zero-order valence-electron chi connectivity index (χ0n) is 18.9. The third kappa shape index (κ3) is 6.16. The lowest BCUT2D eigenvalue weighted by molar-refractivity contribution is -0.150. The predicted molar refractivity (Wildman–Crippen MR) is 123 cm³/mol. The molecule has 33 heavy (non-hydrogen) atoms. The highest BCUT2D eigenvalue weighted by Crippen LogP contribution is 2.35. The van der Waals surface area contributed by atoms with Crippen LogP contribution in [-0.4, -0.2) is 59.9 Å². The lowest BCUT2D eigenvalue weighted by Gasteiger charge is -2.42. The van der Waals surface area contributed by atoms with Crippen molar-refractivity contribution in [1.82, 2.24) is 15.5 Å². The van der Waals surface area contributed by atoms with Gasteiger partial charge in [-0.2, -0.15) is 0 Å². The number of nitrogens with two attached hydrogens (primary N) is 1. The van der Waals surface area contributed by atoms with E-state index in [1.54, 1.807) is 19.1 Å². The van der Waals surface area contributed by atoms with Crippen LogP contribution in [0.15, 0.2) is 18.2 Å². The molecule has 0 spiro atoms. The Morgan fingerprint density at radius 1 is 1.18 bits per heavy atom. The first kappa shape index (κ1) is 24.8. The van der Waals surface area contributed by atoms with E-state index in [1.165, 1.54) is 11.0 Å². The molecule has 1 saturated carbocycles. The van der Waals surface area contributed by atoms with Crippen LogP contribution in [0.1, 0.15) is 56.3 Å². The van der Waals surface area contributed by atoms with Gasteiger partial charge in [-0.25, -0.2) is 0 Å². The van der Waals surface area contributed by atoms with Gasteiger partial charge in [0.1, 0.15) is 12.1 Å². The van der Waals surface area contributed by atoms with Crippen LogP contribution in [-0.2, 0) is 19.1 Å². The molecule has 10 heteroatoms. The van der Waals surface area contributed by atoms with Crippen molar-refractivity contribution in [3.63, 3.8) is 0 Å². The molecule has 1 aliphatic carbocycles. The van der Waals surface area contributed by atoms with E-state index in [4.69, 9.17) is 22.1 Å². The molecule has 0 radical (unpaired) electrons. The van der Waals surface area contributed by atoms with E-state index in [-0.39, 0.29) is 47.8 Å². The van der Waals surface area contributed by atoms with E-state index in [9.17, 15) is 19.2 Å². The number of benzene rings is 1. The van der Waals surface area contributed by atoms with Crippen molar-refractivity contribution in [1.29, 1.82) is 0 Å². The summed E-state index contributed by atoms with van der Waals surface area (Å²) < 4.78 is 4.96. The van der Waals surface area contributed by atoms with Gasteiger partial charge >= 0.3 is 5.97 Å². The van der Waals surface area contributed by atoms with E-state index in [2.05, 4.69) is 10.6 Å². The third-order valence-corrected chi connectivity index (χ3v) is 6.40. The summed E-state index contributed by atoms with van der Waals surface area (Å²) in [6, 6.07) is 2.89. The molecule has 3 atom stereocenters. The topological polar surface area (TPSA) is 131 Å². The lowest BCUT2D eigenvalue weighted by atomic mass is 9.98. The average Bonchev–Trinajstić information content (AvgIpc) is 3.57. The SMILES string of the molecule is CCOC(=O)CC(CC)NC(=O)C1CCN1C(=O)C(NC(=O)c1ccc(N)c(Cl)c1)C1CC1. The minimum absolute atomic E-state index is 0.0437. The van der Waals surface area contributed by atoms with Crippen LogP contribution in [0.3, 0.4) is 0 Å². The normalized spacial score (nSPS) is 19.1. The second kappa shape index (κ2) is 10.9. The molecule has 0 aromatic heterocycles. The number of halogens is 1. The summed E-state index contributed by atoms with van der Waals surface area (Å²) in [6.07, 6.45) is 2.85. The Hall–Kier alpha value is -2.81. The summed E-state index contributed by atoms with van der Waals surface area (Å²) in [6.45, 7) is 4.32. The van der Waals surface area contributed by atoms with Crippen molar-refractivity contribution in [2.24, 2.45) is 5.92 Å². The van der Waals surface area contributed by atoms with Gasteiger partial charge in [-0.3, -0.25) is 19.2 Å². The number of hydrogen-bond acceptors (Lipinski definition) is 6. The number of nitrogen functional groups attached to an aromatic ring is 1. The molecule has 3 rings (SSSR count). The average molecular weight is 479 g/mol. The summed E-state index contributed by atoms with van der Waals surface area (Å²) in [4.78, 5) is 52.0. The van der Waals surface area contributed by atoms with Gasteiger partial charge in [-0.05, 0) is 56.7 Å². The highest BCUT2D eigenvalue weighted by Gasteiger charge is 2.45. The fourth-order valence-corrected chi connectivity index (χ4v) is 4.00. The molecular weight excluding hydrogens is 448 g/mol. The van der Waals surface area contributed by atoms with Gasteiger partial charge in [0.05, 0.1) is 23.7 Å². The third-order valence-electron chi connectivity index (χ3n) is 6.07. The van der Waals surface area contributed by atoms with Gasteiger partial charge in [0.25, 0.3) is 5.91 Å². The first-order valence-corrected chi connectivity index (χ1v) is 11.7. The second-order valence-electron chi connectivity index (χ2n) is 8.48. The number of carbonyl (C=O) groups excluding carboxylic acids is 4. The van der Waals surface area contributed by atoms with Crippen molar-refractivity contribution in [3.8, 4) is 0 Å². The molecule has 1 saturated heterocycles. The minimum atomic E-state index is -0.703. The Labute approximate surface area is 198 Å². The smallest absolute Gasteiger partial charge is 0.307 e. The number of carbonyl (C=O) groups is 4. The molecule has 9 nitrogen and oxygen atoms in total. The summed E-state index contributed by atoms with van der Waals surface area (Å²) in [5.74, 6) is -1.30. The van der Waals surface area contributed by atoms with Gasteiger partial charge in [0.2, 0.25) is 11.8 Å². The Morgan fingerprint density at radius 3 is 2.45 bits per heavy atom. The zero-order chi connectivity index (χ0) is 24.1. The van der Waals surface area contributed by atoms with Gasteiger partial charge in [0.15, 0.2) is 0 Å². The maximum absolute atomic E-state index is 13.2. The van der Waals surface area contributed by atoms with Gasteiger partial charge in [-0.15, -0.1) is 0 Å². The molecule has 2 aliphatic rings. The number of anilines is 1. The molecule has 1 heterocycles. The van der Waals surface area contributed by atoms with E-state index < -0.39 is 18.0 Å². The molecule has 2 fully saturated rings. The van der Waals surface area contributed by atoms with Gasteiger partial charge in [-0.1, -0.05) is 18.5 Å². The summed E-state index contributed by atoms with van der Waals surface area (Å²) >= 11 is 6.02. The molecule has 3 amide bonds. The first-order chi connectivity index (χ1) is 15.7. The summed E-state index contributed by atoms with van der Waals surface area (Å²) in [7, 11) is 0. The van der Waals surface area contributed by atoms with E-state index in [1.807, 2.05) is 6.92 Å². The predicted octanol–water partition coefficient (Wildman–Crippen LogP) is 1.88. The number of nitrogens with zero attached hydrogens (tertiary/aromatic N) is 1. The maximum Gasteiger partial charge on any atom is 0.307 e. The fourth-order valence-electron chi connectivity index (χ4n) is 3.82. The molecule has 3 unspecified atom stereocenters. The second-order valence-corrected chi connectivity index (χ2v) is 8.89. The Balaban J connectivity index is 1.61. The van der Waals surface area contributed by atoms with Crippen LogP contribution >= 0.6 is 11.6 Å². The summed E-state index contributed by atoms with van der Waals surface area (Å²) in [5.41, 5.74) is 6.39. The number of ether oxygens (including phenoxy) is 1. The van der Waals surface area contributed by atoms with E-state index in [0.717, 1.165) is 12.8 Å². The Morgan fingerprint density at radius 2 is 1.91 bits per heavy atom.